The van der Waals surface area contributed by atoms with Gasteiger partial charge in [0, 0.05) is 12.5 Å². The zero-order valence-corrected chi connectivity index (χ0v) is 10.7. The highest BCUT2D eigenvalue weighted by Gasteiger charge is 2.35. The van der Waals surface area contributed by atoms with Crippen LogP contribution in [0.1, 0.15) is 24.0 Å². The lowest BCUT2D eigenvalue weighted by Crippen LogP contribution is -2.24. The molecule has 0 heterocycles. The van der Waals surface area contributed by atoms with Crippen LogP contribution in [-0.2, 0) is 17.5 Å². The van der Waals surface area contributed by atoms with Gasteiger partial charge < -0.3 is 10.1 Å². The molecule has 0 aromatic heterocycles. The molecule has 21 heavy (non-hydrogen) atoms. The molecule has 1 aromatic carbocycles. The quantitative estimate of drug-likeness (QED) is 0.847. The maximum atomic E-state index is 12.8. The van der Waals surface area contributed by atoms with Gasteiger partial charge >= 0.3 is 12.8 Å². The summed E-state index contributed by atoms with van der Waals surface area (Å²) < 4.78 is 66.5. The number of hydrogen-bond donors (Lipinski definition) is 1. The van der Waals surface area contributed by atoms with Crippen molar-refractivity contribution in [2.75, 3.05) is 0 Å². The third-order valence-electron chi connectivity index (χ3n) is 2.98. The Labute approximate surface area is 117 Å². The molecular formula is C13H12F5NO2. The summed E-state index contributed by atoms with van der Waals surface area (Å²) in [4.78, 5) is 11.4. The third-order valence-corrected chi connectivity index (χ3v) is 2.98. The van der Waals surface area contributed by atoms with Crippen molar-refractivity contribution in [2.24, 2.45) is 5.92 Å². The van der Waals surface area contributed by atoms with Crippen LogP contribution in [0, 0.1) is 5.92 Å². The number of carbonyl (C=O) groups excluding carboxylic acids is 1. The van der Waals surface area contributed by atoms with E-state index in [4.69, 9.17) is 0 Å². The van der Waals surface area contributed by atoms with Gasteiger partial charge in [0.1, 0.15) is 5.75 Å². The number of nitrogens with one attached hydrogen (secondary N) is 1. The topological polar surface area (TPSA) is 38.3 Å². The minimum absolute atomic E-state index is 0.0615. The van der Waals surface area contributed by atoms with Crippen LogP contribution in [-0.4, -0.2) is 12.5 Å². The molecule has 1 fully saturated rings. The molecular weight excluding hydrogens is 297 g/mol. The molecule has 0 bridgehead atoms. The van der Waals surface area contributed by atoms with Crippen molar-refractivity contribution >= 4 is 5.91 Å². The first kappa shape index (κ1) is 15.5. The van der Waals surface area contributed by atoms with E-state index >= 15 is 0 Å². The normalized spacial score (nSPS) is 15.1. The van der Waals surface area contributed by atoms with Crippen molar-refractivity contribution in [3.05, 3.63) is 29.3 Å². The van der Waals surface area contributed by atoms with Crippen LogP contribution in [0.25, 0.3) is 0 Å². The SMILES string of the molecule is O=C(NCc1ccc(OC(F)F)c(C(F)(F)F)c1)C1CC1. The van der Waals surface area contributed by atoms with Crippen LogP contribution in [0.3, 0.4) is 0 Å². The Morgan fingerprint density at radius 2 is 2.00 bits per heavy atom. The molecule has 116 valence electrons. The van der Waals surface area contributed by atoms with E-state index in [0.29, 0.717) is 6.07 Å². The molecule has 8 heteroatoms. The first-order valence-electron chi connectivity index (χ1n) is 6.20. The van der Waals surface area contributed by atoms with E-state index in [-0.39, 0.29) is 23.9 Å². The zero-order valence-electron chi connectivity index (χ0n) is 10.7. The summed E-state index contributed by atoms with van der Waals surface area (Å²) in [5, 5.41) is 2.50. The Kier molecular flexibility index (Phi) is 4.34. The fourth-order valence-electron chi connectivity index (χ4n) is 1.79. The van der Waals surface area contributed by atoms with Crippen molar-refractivity contribution in [3.63, 3.8) is 0 Å². The highest BCUT2D eigenvalue weighted by Crippen LogP contribution is 2.37. The van der Waals surface area contributed by atoms with Gasteiger partial charge in [0.15, 0.2) is 0 Å². The second kappa shape index (κ2) is 5.87. The van der Waals surface area contributed by atoms with Gasteiger partial charge in [-0.3, -0.25) is 4.79 Å². The smallest absolute Gasteiger partial charge is 0.419 e. The average Bonchev–Trinajstić information content (AvgIpc) is 3.19. The van der Waals surface area contributed by atoms with E-state index in [9.17, 15) is 26.7 Å². The lowest BCUT2D eigenvalue weighted by atomic mass is 10.1. The summed E-state index contributed by atoms with van der Waals surface area (Å²) in [5.74, 6) is -1.21. The fourth-order valence-corrected chi connectivity index (χ4v) is 1.79. The van der Waals surface area contributed by atoms with Gasteiger partial charge in [-0.05, 0) is 30.5 Å². The fraction of sp³-hybridized carbons (Fsp3) is 0.462. The van der Waals surface area contributed by atoms with Gasteiger partial charge in [-0.2, -0.15) is 22.0 Å². The molecule has 1 saturated carbocycles. The second-order valence-corrected chi connectivity index (χ2v) is 4.70. The molecule has 1 aliphatic rings. The van der Waals surface area contributed by atoms with Crippen LogP contribution < -0.4 is 10.1 Å². The van der Waals surface area contributed by atoms with Crippen LogP contribution in [0.15, 0.2) is 18.2 Å². The molecule has 1 amide bonds. The van der Waals surface area contributed by atoms with Gasteiger partial charge in [0.05, 0.1) is 5.56 Å². The number of benzene rings is 1. The van der Waals surface area contributed by atoms with Gasteiger partial charge in [0.25, 0.3) is 0 Å². The number of hydrogen-bond acceptors (Lipinski definition) is 2. The van der Waals surface area contributed by atoms with E-state index in [2.05, 4.69) is 10.1 Å². The monoisotopic (exact) mass is 309 g/mol. The van der Waals surface area contributed by atoms with Crippen molar-refractivity contribution in [1.82, 2.24) is 5.32 Å². The van der Waals surface area contributed by atoms with E-state index in [1.807, 2.05) is 0 Å². The number of ether oxygens (including phenoxy) is 1. The average molecular weight is 309 g/mol. The summed E-state index contributed by atoms with van der Waals surface area (Å²) in [5.41, 5.74) is -1.13. The molecule has 2 rings (SSSR count). The lowest BCUT2D eigenvalue weighted by molar-refractivity contribution is -0.141. The summed E-state index contributed by atoms with van der Waals surface area (Å²) in [6.07, 6.45) is -3.26. The number of rotatable bonds is 5. The predicted molar refractivity (Wildman–Crippen MR) is 62.6 cm³/mol. The van der Waals surface area contributed by atoms with Crippen molar-refractivity contribution in [2.45, 2.75) is 32.2 Å². The van der Waals surface area contributed by atoms with Crippen LogP contribution in [0.5, 0.6) is 5.75 Å². The van der Waals surface area contributed by atoms with E-state index in [1.54, 1.807) is 0 Å². The van der Waals surface area contributed by atoms with Crippen molar-refractivity contribution in [1.29, 1.82) is 0 Å². The van der Waals surface area contributed by atoms with Crippen molar-refractivity contribution < 1.29 is 31.5 Å². The summed E-state index contributed by atoms with van der Waals surface area (Å²) in [6.45, 7) is -3.43. The summed E-state index contributed by atoms with van der Waals surface area (Å²) in [6, 6.07) is 2.73. The Morgan fingerprint density at radius 1 is 1.33 bits per heavy atom. The standard InChI is InChI=1S/C13H12F5NO2/c14-12(15)21-10-4-1-7(5-9(10)13(16,17)18)6-19-11(20)8-2-3-8/h1,4-5,8,12H,2-3,6H2,(H,19,20). The minimum atomic E-state index is -4.82. The Hall–Kier alpha value is -1.86. The highest BCUT2D eigenvalue weighted by molar-refractivity contribution is 5.80. The molecule has 0 saturated heterocycles. The molecule has 0 unspecified atom stereocenters. The second-order valence-electron chi connectivity index (χ2n) is 4.70. The van der Waals surface area contributed by atoms with E-state index in [0.717, 1.165) is 18.9 Å². The number of halogens is 5. The van der Waals surface area contributed by atoms with Crippen molar-refractivity contribution in [3.8, 4) is 5.75 Å². The molecule has 1 N–H and O–H groups in total. The molecule has 0 spiro atoms. The Bertz CT molecular complexity index is 526. The first-order chi connectivity index (χ1) is 9.77. The van der Waals surface area contributed by atoms with Gasteiger partial charge in [-0.1, -0.05) is 6.07 Å². The lowest BCUT2D eigenvalue weighted by Gasteiger charge is -2.15. The van der Waals surface area contributed by atoms with Crippen LogP contribution in [0.4, 0.5) is 22.0 Å². The number of amides is 1. The summed E-state index contributed by atoms with van der Waals surface area (Å²) in [7, 11) is 0. The maximum absolute atomic E-state index is 12.8. The molecule has 0 radical (unpaired) electrons. The Balaban J connectivity index is 2.13. The predicted octanol–water partition coefficient (Wildman–Crippen LogP) is 3.33. The largest absolute Gasteiger partial charge is 0.434 e. The van der Waals surface area contributed by atoms with Gasteiger partial charge in [0.2, 0.25) is 5.91 Å². The van der Waals surface area contributed by atoms with Gasteiger partial charge in [-0.25, -0.2) is 0 Å². The van der Waals surface area contributed by atoms with Crippen LogP contribution >= 0.6 is 0 Å². The first-order valence-corrected chi connectivity index (χ1v) is 6.20. The third kappa shape index (κ3) is 4.30. The molecule has 0 atom stereocenters. The summed E-state index contributed by atoms with van der Waals surface area (Å²) >= 11 is 0. The molecule has 3 nitrogen and oxygen atoms in total. The maximum Gasteiger partial charge on any atom is 0.419 e. The minimum Gasteiger partial charge on any atom is -0.434 e. The number of carbonyl (C=O) groups is 1. The van der Waals surface area contributed by atoms with Gasteiger partial charge in [-0.15, -0.1) is 0 Å². The molecule has 0 aliphatic heterocycles. The Morgan fingerprint density at radius 3 is 2.52 bits per heavy atom. The highest BCUT2D eigenvalue weighted by atomic mass is 19.4. The molecule has 1 aromatic rings. The number of alkyl halides is 5. The van der Waals surface area contributed by atoms with E-state index in [1.165, 1.54) is 6.07 Å². The molecule has 1 aliphatic carbocycles. The zero-order chi connectivity index (χ0) is 15.6. The van der Waals surface area contributed by atoms with E-state index < -0.39 is 24.1 Å². The van der Waals surface area contributed by atoms with Crippen LogP contribution in [0.2, 0.25) is 0 Å².